The van der Waals surface area contributed by atoms with Crippen LogP contribution in [0.2, 0.25) is 0 Å². The fourth-order valence-electron chi connectivity index (χ4n) is 1.92. The summed E-state index contributed by atoms with van der Waals surface area (Å²) in [7, 11) is -2.61. The van der Waals surface area contributed by atoms with Crippen LogP contribution >= 0.6 is 0 Å². The van der Waals surface area contributed by atoms with Crippen LogP contribution in [0.25, 0.3) is 0 Å². The maximum Gasteiger partial charge on any atom is 0.417 e. The van der Waals surface area contributed by atoms with Crippen LogP contribution in [-0.2, 0) is 21.5 Å². The second-order valence-corrected chi connectivity index (χ2v) is 4.97. The molecule has 2 aromatic carbocycles. The lowest BCUT2D eigenvalue weighted by atomic mass is 9.97. The summed E-state index contributed by atoms with van der Waals surface area (Å²) in [5.41, 5.74) is 0.0185. The predicted octanol–water partition coefficient (Wildman–Crippen LogP) is 4.12. The molecular formula is C16H15F3N2O3S. The molecular weight excluding hydrogens is 357 g/mol. The Bertz CT molecular complexity index is 813. The van der Waals surface area contributed by atoms with Crippen molar-refractivity contribution in [3.63, 3.8) is 0 Å². The molecule has 0 aliphatic rings. The molecule has 9 heteroatoms. The molecule has 0 saturated carbocycles. The monoisotopic (exact) mass is 372 g/mol. The number of hydrogen-bond acceptors (Lipinski definition) is 5. The van der Waals surface area contributed by atoms with Gasteiger partial charge in [0.15, 0.2) is 0 Å². The highest BCUT2D eigenvalue weighted by atomic mass is 32.2. The third-order valence-electron chi connectivity index (χ3n) is 2.82. The highest BCUT2D eigenvalue weighted by Crippen LogP contribution is 2.33. The van der Waals surface area contributed by atoms with Crippen molar-refractivity contribution >= 4 is 16.2 Å². The quantitative estimate of drug-likeness (QED) is 0.648. The number of benzene rings is 2. The SMILES string of the molecule is CCO/N=C(\c1ccccc1)c1ccccc1C(F)(F)F.N=S(=O)=O. The molecule has 5 nitrogen and oxygen atoms in total. The summed E-state index contributed by atoms with van der Waals surface area (Å²) >= 11 is 0. The number of rotatable bonds is 4. The number of halogens is 3. The zero-order chi connectivity index (χ0) is 18.9. The van der Waals surface area contributed by atoms with Gasteiger partial charge in [0.05, 0.1) is 5.56 Å². The van der Waals surface area contributed by atoms with Gasteiger partial charge in [-0.1, -0.05) is 53.7 Å². The molecule has 25 heavy (non-hydrogen) atoms. The molecule has 0 fully saturated rings. The lowest BCUT2D eigenvalue weighted by Gasteiger charge is -2.14. The fourth-order valence-corrected chi connectivity index (χ4v) is 1.92. The van der Waals surface area contributed by atoms with E-state index in [-0.39, 0.29) is 17.9 Å². The van der Waals surface area contributed by atoms with Crippen molar-refractivity contribution < 1.29 is 26.4 Å². The van der Waals surface area contributed by atoms with Gasteiger partial charge in [0.25, 0.3) is 0 Å². The highest BCUT2D eigenvalue weighted by Gasteiger charge is 2.34. The summed E-state index contributed by atoms with van der Waals surface area (Å²) in [6.45, 7) is 2.01. The number of nitrogens with one attached hydrogen (secondary N) is 1. The molecule has 0 atom stereocenters. The summed E-state index contributed by atoms with van der Waals surface area (Å²) in [6, 6.07) is 14.0. The molecule has 134 valence electrons. The predicted molar refractivity (Wildman–Crippen MR) is 86.8 cm³/mol. The lowest BCUT2D eigenvalue weighted by molar-refractivity contribution is -0.137. The van der Waals surface area contributed by atoms with Crippen LogP contribution in [0.15, 0.2) is 59.8 Å². The Labute approximate surface area is 144 Å². The molecule has 0 radical (unpaired) electrons. The molecule has 0 heterocycles. The first-order valence-electron chi connectivity index (χ1n) is 6.99. The van der Waals surface area contributed by atoms with Crippen LogP contribution in [0.1, 0.15) is 23.6 Å². The van der Waals surface area contributed by atoms with E-state index in [1.165, 1.54) is 12.1 Å². The largest absolute Gasteiger partial charge is 0.417 e. The minimum atomic E-state index is -4.45. The van der Waals surface area contributed by atoms with Crippen molar-refractivity contribution in [3.8, 4) is 0 Å². The van der Waals surface area contributed by atoms with Gasteiger partial charge in [-0.25, -0.2) is 0 Å². The standard InChI is InChI=1S/C16H14F3NO.HNO2S/c1-2-21-20-15(12-8-4-3-5-9-12)13-10-6-7-11-14(13)16(17,18)19;1-4(2)3/h3-11H,2H2,1H3;1H/b20-15+;. The van der Waals surface area contributed by atoms with Gasteiger partial charge in [-0.3, -0.25) is 0 Å². The van der Waals surface area contributed by atoms with E-state index >= 15 is 0 Å². The van der Waals surface area contributed by atoms with Gasteiger partial charge in [0.2, 0.25) is 0 Å². The van der Waals surface area contributed by atoms with E-state index in [2.05, 4.69) is 5.16 Å². The van der Waals surface area contributed by atoms with Crippen molar-refractivity contribution in [1.29, 1.82) is 4.78 Å². The first-order chi connectivity index (χ1) is 11.8. The Balaban J connectivity index is 0.000000705. The summed E-state index contributed by atoms with van der Waals surface area (Å²) in [4.78, 5) is 4.99. The molecule has 1 N–H and O–H groups in total. The number of alkyl halides is 3. The zero-order valence-corrected chi connectivity index (χ0v) is 13.9. The van der Waals surface area contributed by atoms with Crippen molar-refractivity contribution in [2.45, 2.75) is 13.1 Å². The van der Waals surface area contributed by atoms with Crippen molar-refractivity contribution in [1.82, 2.24) is 0 Å². The van der Waals surface area contributed by atoms with Gasteiger partial charge < -0.3 is 4.84 Å². The van der Waals surface area contributed by atoms with Crippen molar-refractivity contribution in [3.05, 3.63) is 71.3 Å². The Kier molecular flexibility index (Phi) is 7.80. The summed E-state index contributed by atoms with van der Waals surface area (Å²) in [5, 5.41) is 3.87. The second-order valence-electron chi connectivity index (χ2n) is 4.50. The van der Waals surface area contributed by atoms with Crippen LogP contribution in [-0.4, -0.2) is 20.7 Å². The smallest absolute Gasteiger partial charge is 0.396 e. The Hall–Kier alpha value is -2.68. The molecule has 0 aromatic heterocycles. The Morgan fingerprint density at radius 2 is 1.60 bits per heavy atom. The van der Waals surface area contributed by atoms with E-state index < -0.39 is 22.2 Å². The van der Waals surface area contributed by atoms with E-state index in [1.807, 2.05) is 0 Å². The topological polar surface area (TPSA) is 79.6 Å². The van der Waals surface area contributed by atoms with E-state index in [1.54, 1.807) is 43.3 Å². The van der Waals surface area contributed by atoms with Gasteiger partial charge in [0, 0.05) is 11.1 Å². The van der Waals surface area contributed by atoms with E-state index in [0.717, 1.165) is 6.07 Å². The molecule has 0 amide bonds. The molecule has 2 aromatic rings. The fraction of sp³-hybridized carbons (Fsp3) is 0.188. The summed E-state index contributed by atoms with van der Waals surface area (Å²) in [6.07, 6.45) is -4.45. The highest BCUT2D eigenvalue weighted by molar-refractivity contribution is 7.60. The summed E-state index contributed by atoms with van der Waals surface area (Å²) in [5.74, 6) is 0. The molecule has 0 unspecified atom stereocenters. The van der Waals surface area contributed by atoms with Crippen LogP contribution in [0, 0.1) is 4.78 Å². The Morgan fingerprint density at radius 1 is 1.08 bits per heavy atom. The van der Waals surface area contributed by atoms with E-state index in [4.69, 9.17) is 18.0 Å². The van der Waals surface area contributed by atoms with Crippen LogP contribution in [0.5, 0.6) is 0 Å². The zero-order valence-electron chi connectivity index (χ0n) is 13.1. The molecule has 0 spiro atoms. The van der Waals surface area contributed by atoms with Gasteiger partial charge in [0.1, 0.15) is 12.3 Å². The third-order valence-corrected chi connectivity index (χ3v) is 2.82. The molecule has 0 saturated heterocycles. The van der Waals surface area contributed by atoms with Gasteiger partial charge in [-0.05, 0) is 13.0 Å². The van der Waals surface area contributed by atoms with Gasteiger partial charge >= 0.3 is 16.7 Å². The normalized spacial score (nSPS) is 11.3. The number of nitrogens with zero attached hydrogens (tertiary/aromatic N) is 1. The maximum absolute atomic E-state index is 13.2. The Morgan fingerprint density at radius 3 is 2.12 bits per heavy atom. The van der Waals surface area contributed by atoms with Crippen molar-refractivity contribution in [2.24, 2.45) is 5.16 Å². The second kappa shape index (κ2) is 9.58. The van der Waals surface area contributed by atoms with Crippen LogP contribution < -0.4 is 0 Å². The van der Waals surface area contributed by atoms with E-state index in [0.29, 0.717) is 5.56 Å². The molecule has 0 aliphatic heterocycles. The maximum atomic E-state index is 13.2. The van der Waals surface area contributed by atoms with Gasteiger partial charge in [-0.2, -0.15) is 26.4 Å². The van der Waals surface area contributed by atoms with E-state index in [9.17, 15) is 13.2 Å². The molecule has 2 rings (SSSR count). The van der Waals surface area contributed by atoms with Crippen LogP contribution in [0.3, 0.4) is 0 Å². The number of oxime groups is 1. The average Bonchev–Trinajstić information content (AvgIpc) is 2.55. The minimum absolute atomic E-state index is 0.00431. The summed E-state index contributed by atoms with van der Waals surface area (Å²) < 4.78 is 62.3. The molecule has 0 bridgehead atoms. The average molecular weight is 372 g/mol. The van der Waals surface area contributed by atoms with Crippen LogP contribution in [0.4, 0.5) is 13.2 Å². The third kappa shape index (κ3) is 6.76. The lowest BCUT2D eigenvalue weighted by Crippen LogP contribution is -2.14. The van der Waals surface area contributed by atoms with Gasteiger partial charge in [-0.15, -0.1) is 0 Å². The minimum Gasteiger partial charge on any atom is -0.396 e. The first-order valence-corrected chi connectivity index (χ1v) is 8.07. The first kappa shape index (κ1) is 20.4. The van der Waals surface area contributed by atoms with Crippen molar-refractivity contribution in [2.75, 3.05) is 6.61 Å². The number of hydrogen-bond donors (Lipinski definition) is 1. The molecule has 0 aliphatic carbocycles.